The predicted molar refractivity (Wildman–Crippen MR) is 81.8 cm³/mol. The van der Waals surface area contributed by atoms with Crippen LogP contribution < -0.4 is 11.1 Å². The fraction of sp³-hybridized carbons (Fsp3) is 0.533. The highest BCUT2D eigenvalue weighted by Crippen LogP contribution is 2.26. The lowest BCUT2D eigenvalue weighted by Gasteiger charge is -2.25. The molecule has 1 heterocycles. The lowest BCUT2D eigenvalue weighted by atomic mass is 9.99. The Labute approximate surface area is 126 Å². The zero-order valence-corrected chi connectivity index (χ0v) is 12.6. The fourth-order valence-electron chi connectivity index (χ4n) is 2.44. The van der Waals surface area contributed by atoms with E-state index in [1.165, 1.54) is 0 Å². The Morgan fingerprint density at radius 3 is 2.70 bits per heavy atom. The second-order valence-corrected chi connectivity index (χ2v) is 5.19. The summed E-state index contributed by atoms with van der Waals surface area (Å²) in [4.78, 5) is 11.9. The molecule has 1 aromatic rings. The monoisotopic (exact) mass is 298 g/mol. The van der Waals surface area contributed by atoms with Crippen LogP contribution in [0, 0.1) is 0 Å². The van der Waals surface area contributed by atoms with E-state index in [0.717, 1.165) is 25.0 Å². The van der Waals surface area contributed by atoms with Crippen molar-refractivity contribution >= 4 is 18.3 Å². The van der Waals surface area contributed by atoms with Crippen LogP contribution in [0.3, 0.4) is 0 Å². The summed E-state index contributed by atoms with van der Waals surface area (Å²) in [7, 11) is 0. The molecule has 5 heteroatoms. The molecule has 1 amide bonds. The summed E-state index contributed by atoms with van der Waals surface area (Å²) in [6, 6.07) is 9.79. The molecule has 0 bridgehead atoms. The Kier molecular flexibility index (Phi) is 6.99. The molecule has 3 unspecified atom stereocenters. The van der Waals surface area contributed by atoms with Crippen LogP contribution in [0.1, 0.15) is 37.8 Å². The Bertz CT molecular complexity index is 406. The molecule has 3 N–H and O–H groups in total. The minimum atomic E-state index is -0.124. The van der Waals surface area contributed by atoms with Crippen molar-refractivity contribution in [1.82, 2.24) is 5.32 Å². The maximum atomic E-state index is 11.9. The third kappa shape index (κ3) is 4.78. The van der Waals surface area contributed by atoms with Crippen molar-refractivity contribution in [3.05, 3.63) is 35.9 Å². The van der Waals surface area contributed by atoms with E-state index in [9.17, 15) is 4.79 Å². The third-order valence-electron chi connectivity index (χ3n) is 3.32. The summed E-state index contributed by atoms with van der Waals surface area (Å²) in [5, 5.41) is 3.06. The van der Waals surface area contributed by atoms with Crippen LogP contribution >= 0.6 is 12.4 Å². The SMILES string of the molecule is CC(N)CC(=O)NC(c1ccccc1)C1CCCO1.Cl. The van der Waals surface area contributed by atoms with Crippen molar-refractivity contribution in [3.63, 3.8) is 0 Å². The molecule has 3 atom stereocenters. The van der Waals surface area contributed by atoms with Gasteiger partial charge in [0.2, 0.25) is 5.91 Å². The van der Waals surface area contributed by atoms with Gasteiger partial charge >= 0.3 is 0 Å². The van der Waals surface area contributed by atoms with Gasteiger partial charge in [0.15, 0.2) is 0 Å². The number of benzene rings is 1. The molecule has 1 aliphatic rings. The molecule has 2 rings (SSSR count). The standard InChI is InChI=1S/C15H22N2O2.ClH/c1-11(16)10-14(18)17-15(13-8-5-9-19-13)12-6-3-2-4-7-12;/h2-4,6-7,11,13,15H,5,8-10,16H2,1H3,(H,17,18);1H. The van der Waals surface area contributed by atoms with Crippen LogP contribution in [-0.2, 0) is 9.53 Å². The molecular weight excluding hydrogens is 276 g/mol. The molecule has 1 aromatic carbocycles. The third-order valence-corrected chi connectivity index (χ3v) is 3.32. The van der Waals surface area contributed by atoms with Crippen LogP contribution in [0.5, 0.6) is 0 Å². The van der Waals surface area contributed by atoms with Crippen LogP contribution in [0.25, 0.3) is 0 Å². The maximum absolute atomic E-state index is 11.9. The first-order valence-corrected chi connectivity index (χ1v) is 6.88. The number of hydrogen-bond acceptors (Lipinski definition) is 3. The van der Waals surface area contributed by atoms with Crippen molar-refractivity contribution in [2.75, 3.05) is 6.61 Å². The van der Waals surface area contributed by atoms with Gasteiger partial charge in [-0.05, 0) is 25.3 Å². The molecule has 0 saturated carbocycles. The van der Waals surface area contributed by atoms with Crippen LogP contribution in [0.4, 0.5) is 0 Å². The number of halogens is 1. The van der Waals surface area contributed by atoms with E-state index >= 15 is 0 Å². The number of hydrogen-bond donors (Lipinski definition) is 2. The maximum Gasteiger partial charge on any atom is 0.222 e. The van der Waals surface area contributed by atoms with Gasteiger partial charge in [0.25, 0.3) is 0 Å². The van der Waals surface area contributed by atoms with E-state index < -0.39 is 0 Å². The highest BCUT2D eigenvalue weighted by atomic mass is 35.5. The van der Waals surface area contributed by atoms with Crippen molar-refractivity contribution in [3.8, 4) is 0 Å². The van der Waals surface area contributed by atoms with Gasteiger partial charge in [0.05, 0.1) is 12.1 Å². The smallest absolute Gasteiger partial charge is 0.222 e. The summed E-state index contributed by atoms with van der Waals surface area (Å²) in [5.74, 6) is -0.0145. The molecule has 20 heavy (non-hydrogen) atoms. The molecular formula is C15H23ClN2O2. The van der Waals surface area contributed by atoms with E-state index in [4.69, 9.17) is 10.5 Å². The first kappa shape index (κ1) is 17.0. The van der Waals surface area contributed by atoms with Crippen molar-refractivity contribution in [2.45, 2.75) is 44.4 Å². The molecule has 0 radical (unpaired) electrons. The number of rotatable bonds is 5. The second kappa shape index (κ2) is 8.25. The average Bonchev–Trinajstić information content (AvgIpc) is 2.90. The molecule has 0 aromatic heterocycles. The lowest BCUT2D eigenvalue weighted by molar-refractivity contribution is -0.123. The molecule has 4 nitrogen and oxygen atoms in total. The Morgan fingerprint density at radius 2 is 2.15 bits per heavy atom. The highest BCUT2D eigenvalue weighted by Gasteiger charge is 2.28. The number of carbonyl (C=O) groups is 1. The Balaban J connectivity index is 0.00000200. The van der Waals surface area contributed by atoms with Gasteiger partial charge in [-0.25, -0.2) is 0 Å². The van der Waals surface area contributed by atoms with Gasteiger partial charge < -0.3 is 15.8 Å². The predicted octanol–water partition coefficient (Wildman–Crippen LogP) is 2.18. The number of amides is 1. The topological polar surface area (TPSA) is 64.4 Å². The summed E-state index contributed by atoms with van der Waals surface area (Å²) in [5.41, 5.74) is 6.76. The molecule has 0 spiro atoms. The zero-order valence-electron chi connectivity index (χ0n) is 11.7. The van der Waals surface area contributed by atoms with Gasteiger partial charge in [0.1, 0.15) is 0 Å². The minimum absolute atomic E-state index is 0. The molecule has 1 aliphatic heterocycles. The van der Waals surface area contributed by atoms with Gasteiger partial charge in [-0.1, -0.05) is 30.3 Å². The van der Waals surface area contributed by atoms with Gasteiger partial charge in [-0.3, -0.25) is 4.79 Å². The van der Waals surface area contributed by atoms with Crippen molar-refractivity contribution in [2.24, 2.45) is 5.73 Å². The largest absolute Gasteiger partial charge is 0.376 e. The van der Waals surface area contributed by atoms with E-state index in [1.807, 2.05) is 37.3 Å². The van der Waals surface area contributed by atoms with Gasteiger partial charge in [-0.2, -0.15) is 0 Å². The van der Waals surface area contributed by atoms with E-state index in [-0.39, 0.29) is 36.5 Å². The average molecular weight is 299 g/mol. The quantitative estimate of drug-likeness (QED) is 0.876. The van der Waals surface area contributed by atoms with E-state index in [1.54, 1.807) is 0 Å². The number of carbonyl (C=O) groups excluding carboxylic acids is 1. The van der Waals surface area contributed by atoms with Crippen LogP contribution in [0.15, 0.2) is 30.3 Å². The molecule has 112 valence electrons. The number of nitrogens with two attached hydrogens (primary N) is 1. The van der Waals surface area contributed by atoms with Gasteiger partial charge in [0, 0.05) is 19.1 Å². The normalized spacial score (nSPS) is 20.8. The minimum Gasteiger partial charge on any atom is -0.376 e. The van der Waals surface area contributed by atoms with E-state index in [2.05, 4.69) is 5.32 Å². The second-order valence-electron chi connectivity index (χ2n) is 5.19. The summed E-state index contributed by atoms with van der Waals surface area (Å²) >= 11 is 0. The van der Waals surface area contributed by atoms with Crippen molar-refractivity contribution in [1.29, 1.82) is 0 Å². The lowest BCUT2D eigenvalue weighted by Crippen LogP contribution is -2.38. The Morgan fingerprint density at radius 1 is 1.45 bits per heavy atom. The molecule has 1 saturated heterocycles. The summed E-state index contributed by atoms with van der Waals surface area (Å²) in [6.07, 6.45) is 2.45. The summed E-state index contributed by atoms with van der Waals surface area (Å²) in [6.45, 7) is 2.61. The number of ether oxygens (including phenoxy) is 1. The first-order valence-electron chi connectivity index (χ1n) is 6.88. The van der Waals surface area contributed by atoms with Crippen LogP contribution in [0.2, 0.25) is 0 Å². The first-order chi connectivity index (χ1) is 9.16. The molecule has 1 fully saturated rings. The van der Waals surface area contributed by atoms with E-state index in [0.29, 0.717) is 6.42 Å². The Hall–Kier alpha value is -1.10. The molecule has 0 aliphatic carbocycles. The zero-order chi connectivity index (χ0) is 13.7. The summed E-state index contributed by atoms with van der Waals surface area (Å²) < 4.78 is 5.73. The van der Waals surface area contributed by atoms with Gasteiger partial charge in [-0.15, -0.1) is 12.4 Å². The number of nitrogens with one attached hydrogen (secondary N) is 1. The van der Waals surface area contributed by atoms with Crippen LogP contribution in [-0.4, -0.2) is 24.7 Å². The van der Waals surface area contributed by atoms with Crippen molar-refractivity contribution < 1.29 is 9.53 Å². The highest BCUT2D eigenvalue weighted by molar-refractivity contribution is 5.85. The fourth-order valence-corrected chi connectivity index (χ4v) is 2.44.